The topological polar surface area (TPSA) is 46.2 Å². The second-order valence-corrected chi connectivity index (χ2v) is 5.73. The van der Waals surface area contributed by atoms with Crippen LogP contribution in [0.5, 0.6) is 0 Å². The van der Waals surface area contributed by atoms with Crippen molar-refractivity contribution in [3.8, 4) is 0 Å². The molecule has 1 N–H and O–H groups in total. The number of rotatable bonds is 5. The molecule has 3 nitrogen and oxygen atoms in total. The smallest absolute Gasteiger partial charge is 0.224 e. The normalized spacial score (nSPS) is 10.3. The third-order valence-electron chi connectivity index (χ3n) is 3.43. The van der Waals surface area contributed by atoms with E-state index in [1.807, 2.05) is 32.0 Å². The Balaban J connectivity index is 1.91. The summed E-state index contributed by atoms with van der Waals surface area (Å²) in [5, 5.41) is 3.36. The number of hydrogen-bond donors (Lipinski definition) is 1. The van der Waals surface area contributed by atoms with Gasteiger partial charge in [-0.05, 0) is 31.5 Å². The van der Waals surface area contributed by atoms with Crippen LogP contribution in [-0.2, 0) is 4.79 Å². The van der Waals surface area contributed by atoms with E-state index >= 15 is 0 Å². The maximum absolute atomic E-state index is 12.0. The Bertz CT molecular complexity index is 693. The van der Waals surface area contributed by atoms with E-state index in [1.165, 1.54) is 0 Å². The van der Waals surface area contributed by atoms with Crippen LogP contribution < -0.4 is 5.32 Å². The molecule has 0 aromatic heterocycles. The Morgan fingerprint density at radius 1 is 1.00 bits per heavy atom. The van der Waals surface area contributed by atoms with Gasteiger partial charge >= 0.3 is 0 Å². The number of carbonyl (C=O) groups excluding carboxylic acids is 2. The Morgan fingerprint density at radius 2 is 1.68 bits per heavy atom. The number of carbonyl (C=O) groups is 2. The van der Waals surface area contributed by atoms with Gasteiger partial charge in [0.2, 0.25) is 5.91 Å². The summed E-state index contributed by atoms with van der Waals surface area (Å²) in [5.41, 5.74) is 3.35. The molecule has 4 heteroatoms. The van der Waals surface area contributed by atoms with Gasteiger partial charge < -0.3 is 5.32 Å². The summed E-state index contributed by atoms with van der Waals surface area (Å²) in [7, 11) is 0. The minimum Gasteiger partial charge on any atom is -0.326 e. The van der Waals surface area contributed by atoms with Gasteiger partial charge in [0, 0.05) is 29.1 Å². The first-order valence-electron chi connectivity index (χ1n) is 7.11. The molecular weight excluding hydrogens is 298 g/mol. The highest BCUT2D eigenvalue weighted by Crippen LogP contribution is 2.20. The molecule has 0 unspecified atom stereocenters. The highest BCUT2D eigenvalue weighted by atomic mass is 35.5. The molecule has 0 spiro atoms. The van der Waals surface area contributed by atoms with Gasteiger partial charge in [-0.3, -0.25) is 9.59 Å². The molecule has 1 amide bonds. The lowest BCUT2D eigenvalue weighted by molar-refractivity contribution is -0.116. The molecule has 0 aliphatic carbocycles. The maximum atomic E-state index is 12.0. The van der Waals surface area contributed by atoms with E-state index in [2.05, 4.69) is 5.32 Å². The van der Waals surface area contributed by atoms with Gasteiger partial charge in [-0.2, -0.15) is 0 Å². The minimum absolute atomic E-state index is 0.0297. The van der Waals surface area contributed by atoms with E-state index in [1.54, 1.807) is 24.3 Å². The summed E-state index contributed by atoms with van der Waals surface area (Å²) in [6.45, 7) is 3.86. The predicted molar refractivity (Wildman–Crippen MR) is 89.6 cm³/mol. The number of amides is 1. The number of hydrogen-bond acceptors (Lipinski definition) is 2. The first-order valence-corrected chi connectivity index (χ1v) is 7.49. The van der Waals surface area contributed by atoms with E-state index in [0.717, 1.165) is 11.1 Å². The number of nitrogens with one attached hydrogen (secondary N) is 1. The van der Waals surface area contributed by atoms with Gasteiger partial charge in [0.15, 0.2) is 5.78 Å². The lowest BCUT2D eigenvalue weighted by atomic mass is 10.0. The summed E-state index contributed by atoms with van der Waals surface area (Å²) in [4.78, 5) is 24.0. The number of aryl methyl sites for hydroxylation is 2. The van der Waals surface area contributed by atoms with Crippen molar-refractivity contribution in [2.75, 3.05) is 5.32 Å². The summed E-state index contributed by atoms with van der Waals surface area (Å²) < 4.78 is 0. The van der Waals surface area contributed by atoms with Crippen molar-refractivity contribution in [3.63, 3.8) is 0 Å². The number of anilines is 1. The van der Waals surface area contributed by atoms with Crippen LogP contribution in [0.15, 0.2) is 42.5 Å². The molecule has 2 aromatic rings. The zero-order valence-corrected chi connectivity index (χ0v) is 13.4. The van der Waals surface area contributed by atoms with Crippen molar-refractivity contribution in [2.24, 2.45) is 0 Å². The predicted octanol–water partition coefficient (Wildman–Crippen LogP) is 4.56. The number of Topliss-reactive ketones (excluding diaryl/α,β-unsaturated/α-hetero) is 1. The molecule has 0 fully saturated rings. The maximum Gasteiger partial charge on any atom is 0.224 e. The molecule has 0 saturated heterocycles. The van der Waals surface area contributed by atoms with Gasteiger partial charge in [-0.25, -0.2) is 0 Å². The van der Waals surface area contributed by atoms with E-state index in [0.29, 0.717) is 16.3 Å². The molecule has 0 aliphatic heterocycles. The van der Waals surface area contributed by atoms with Crippen LogP contribution in [0.2, 0.25) is 5.02 Å². The molecular formula is C18H18ClNO2. The summed E-state index contributed by atoms with van der Waals surface area (Å²) in [6.07, 6.45) is 0.340. The van der Waals surface area contributed by atoms with E-state index in [4.69, 9.17) is 11.6 Å². The molecule has 2 aromatic carbocycles. The molecule has 0 atom stereocenters. The lowest BCUT2D eigenvalue weighted by Gasteiger charge is -2.08. The highest BCUT2D eigenvalue weighted by molar-refractivity contribution is 6.31. The third kappa shape index (κ3) is 4.43. The average Bonchev–Trinajstić information content (AvgIpc) is 2.49. The van der Waals surface area contributed by atoms with Crippen molar-refractivity contribution >= 4 is 29.0 Å². The Labute approximate surface area is 135 Å². The van der Waals surface area contributed by atoms with Crippen molar-refractivity contribution in [1.29, 1.82) is 0 Å². The van der Waals surface area contributed by atoms with Crippen molar-refractivity contribution in [2.45, 2.75) is 26.7 Å². The number of ketones is 1. The first-order chi connectivity index (χ1) is 10.5. The van der Waals surface area contributed by atoms with Gasteiger partial charge in [0.25, 0.3) is 0 Å². The van der Waals surface area contributed by atoms with Gasteiger partial charge in [-0.1, -0.05) is 47.5 Å². The summed E-state index contributed by atoms with van der Waals surface area (Å²) in [6, 6.07) is 12.7. The Morgan fingerprint density at radius 3 is 2.36 bits per heavy atom. The van der Waals surface area contributed by atoms with Gasteiger partial charge in [-0.15, -0.1) is 0 Å². The SMILES string of the molecule is Cc1ccc(C(=O)CCC(=O)Nc2cc(Cl)ccc2C)cc1. The second-order valence-electron chi connectivity index (χ2n) is 5.30. The van der Waals surface area contributed by atoms with Gasteiger partial charge in [0.05, 0.1) is 0 Å². The zero-order valence-electron chi connectivity index (χ0n) is 12.7. The monoisotopic (exact) mass is 315 g/mol. The van der Waals surface area contributed by atoms with Crippen LogP contribution in [0.4, 0.5) is 5.69 Å². The highest BCUT2D eigenvalue weighted by Gasteiger charge is 2.10. The van der Waals surface area contributed by atoms with Crippen molar-refractivity contribution in [1.82, 2.24) is 0 Å². The Kier molecular flexibility index (Phi) is 5.34. The quantitative estimate of drug-likeness (QED) is 0.822. The standard InChI is InChI=1S/C18H18ClNO2/c1-12-3-6-14(7-4-12)17(21)9-10-18(22)20-16-11-15(19)8-5-13(16)2/h3-8,11H,9-10H2,1-2H3,(H,20,22). The van der Waals surface area contributed by atoms with Crippen molar-refractivity contribution < 1.29 is 9.59 Å². The fourth-order valence-corrected chi connectivity index (χ4v) is 2.22. The number of benzene rings is 2. The molecule has 0 heterocycles. The lowest BCUT2D eigenvalue weighted by Crippen LogP contribution is -2.14. The van der Waals surface area contributed by atoms with Crippen LogP contribution in [0.3, 0.4) is 0 Å². The van der Waals surface area contributed by atoms with Crippen LogP contribution in [0.25, 0.3) is 0 Å². The molecule has 0 bridgehead atoms. The largest absolute Gasteiger partial charge is 0.326 e. The molecule has 2 rings (SSSR count). The van der Waals surface area contributed by atoms with E-state index in [-0.39, 0.29) is 24.5 Å². The molecule has 0 saturated carbocycles. The molecule has 0 radical (unpaired) electrons. The minimum atomic E-state index is -0.189. The first kappa shape index (κ1) is 16.2. The zero-order chi connectivity index (χ0) is 16.1. The van der Waals surface area contributed by atoms with E-state index in [9.17, 15) is 9.59 Å². The average molecular weight is 316 g/mol. The second kappa shape index (κ2) is 7.23. The molecule has 114 valence electrons. The van der Waals surface area contributed by atoms with Crippen LogP contribution >= 0.6 is 11.6 Å². The molecule has 22 heavy (non-hydrogen) atoms. The van der Waals surface area contributed by atoms with Gasteiger partial charge in [0.1, 0.15) is 0 Å². The van der Waals surface area contributed by atoms with E-state index < -0.39 is 0 Å². The fourth-order valence-electron chi connectivity index (χ4n) is 2.05. The molecule has 0 aliphatic rings. The van der Waals surface area contributed by atoms with Crippen LogP contribution in [0, 0.1) is 13.8 Å². The fraction of sp³-hybridized carbons (Fsp3) is 0.222. The van der Waals surface area contributed by atoms with Crippen LogP contribution in [-0.4, -0.2) is 11.7 Å². The van der Waals surface area contributed by atoms with Crippen LogP contribution in [0.1, 0.15) is 34.3 Å². The number of halogens is 1. The summed E-state index contributed by atoms with van der Waals surface area (Å²) in [5.74, 6) is -0.219. The van der Waals surface area contributed by atoms with Crippen molar-refractivity contribution in [3.05, 3.63) is 64.2 Å². The Hall–Kier alpha value is -2.13. The summed E-state index contributed by atoms with van der Waals surface area (Å²) >= 11 is 5.92. The third-order valence-corrected chi connectivity index (χ3v) is 3.66.